The number of aromatic nitrogens is 3. The van der Waals surface area contributed by atoms with E-state index in [0.717, 1.165) is 17.6 Å². The molecule has 0 radical (unpaired) electrons. The highest BCUT2D eigenvalue weighted by Crippen LogP contribution is 2.17. The molecule has 0 spiro atoms. The zero-order chi connectivity index (χ0) is 13.3. The van der Waals surface area contributed by atoms with Crippen LogP contribution in [0.15, 0.2) is 10.9 Å². The second-order valence-electron chi connectivity index (χ2n) is 4.36. The Kier molecular flexibility index (Phi) is 3.38. The molecule has 0 saturated carbocycles. The maximum absolute atomic E-state index is 12.4. The zero-order valence-corrected chi connectivity index (χ0v) is 10.9. The third kappa shape index (κ3) is 1.99. The molecule has 18 heavy (non-hydrogen) atoms. The van der Waals surface area contributed by atoms with Crippen LogP contribution in [0.5, 0.6) is 0 Å². The van der Waals surface area contributed by atoms with Gasteiger partial charge in [-0.3, -0.25) is 9.48 Å². The molecule has 98 valence electrons. The van der Waals surface area contributed by atoms with Crippen molar-refractivity contribution in [3.05, 3.63) is 22.1 Å². The Labute approximate surface area is 105 Å². The summed E-state index contributed by atoms with van der Waals surface area (Å²) in [7, 11) is 3.44. The monoisotopic (exact) mass is 250 g/mol. The van der Waals surface area contributed by atoms with E-state index >= 15 is 0 Å². The van der Waals surface area contributed by atoms with Crippen molar-refractivity contribution < 1.29 is 4.74 Å². The number of hydrogen-bond donors (Lipinski definition) is 1. The lowest BCUT2D eigenvalue weighted by Gasteiger charge is -2.10. The molecule has 2 N–H and O–H groups in total. The molecule has 2 aromatic rings. The lowest BCUT2D eigenvalue weighted by Crippen LogP contribution is -2.23. The van der Waals surface area contributed by atoms with Crippen LogP contribution in [0, 0.1) is 6.92 Å². The van der Waals surface area contributed by atoms with Crippen LogP contribution < -0.4 is 11.3 Å². The molecule has 0 aromatic carbocycles. The van der Waals surface area contributed by atoms with Crippen LogP contribution in [0.1, 0.15) is 12.1 Å². The van der Waals surface area contributed by atoms with Gasteiger partial charge in [-0.15, -0.1) is 0 Å². The highest BCUT2D eigenvalue weighted by Gasteiger charge is 2.13. The number of nitrogens with two attached hydrogens (primary N) is 1. The van der Waals surface area contributed by atoms with Crippen LogP contribution in [0.25, 0.3) is 10.9 Å². The van der Waals surface area contributed by atoms with Crippen LogP contribution in [0.4, 0.5) is 5.82 Å². The van der Waals surface area contributed by atoms with Crippen molar-refractivity contribution in [3.63, 3.8) is 0 Å². The fourth-order valence-electron chi connectivity index (χ4n) is 2.16. The number of hydrogen-bond acceptors (Lipinski definition) is 4. The van der Waals surface area contributed by atoms with Crippen LogP contribution >= 0.6 is 0 Å². The molecule has 6 heteroatoms. The largest absolute Gasteiger partial charge is 0.385 e. The van der Waals surface area contributed by atoms with Gasteiger partial charge >= 0.3 is 0 Å². The van der Waals surface area contributed by atoms with E-state index in [1.807, 2.05) is 13.0 Å². The maximum atomic E-state index is 12.4. The first-order valence-electron chi connectivity index (χ1n) is 5.87. The third-order valence-electron chi connectivity index (χ3n) is 3.08. The molecule has 2 rings (SSSR count). The minimum atomic E-state index is -0.0771. The van der Waals surface area contributed by atoms with E-state index in [0.29, 0.717) is 18.5 Å². The molecular formula is C12H18N4O2. The Morgan fingerprint density at radius 2 is 2.22 bits per heavy atom. The summed E-state index contributed by atoms with van der Waals surface area (Å²) in [6.45, 7) is 3.17. The summed E-state index contributed by atoms with van der Waals surface area (Å²) in [6, 6.07) is 1.94. The van der Waals surface area contributed by atoms with Gasteiger partial charge in [-0.1, -0.05) is 0 Å². The minimum absolute atomic E-state index is 0.0771. The van der Waals surface area contributed by atoms with Gasteiger partial charge in [-0.05, 0) is 19.4 Å². The molecule has 0 atom stereocenters. The average Bonchev–Trinajstić information content (AvgIpc) is 2.59. The van der Waals surface area contributed by atoms with Gasteiger partial charge in [-0.2, -0.15) is 5.10 Å². The van der Waals surface area contributed by atoms with Gasteiger partial charge in [0.05, 0.1) is 5.52 Å². The highest BCUT2D eigenvalue weighted by atomic mass is 16.5. The average molecular weight is 250 g/mol. The Morgan fingerprint density at radius 1 is 1.50 bits per heavy atom. The fourth-order valence-corrected chi connectivity index (χ4v) is 2.16. The molecule has 2 aromatic heterocycles. The number of anilines is 1. The number of nitrogens with zero attached hydrogens (tertiary/aromatic N) is 3. The molecule has 0 fully saturated rings. The topological polar surface area (TPSA) is 75.1 Å². The number of fused-ring (bicyclic) bond motifs is 1. The van der Waals surface area contributed by atoms with Crippen LogP contribution in [0.2, 0.25) is 0 Å². The van der Waals surface area contributed by atoms with Gasteiger partial charge in [0, 0.05) is 33.0 Å². The van der Waals surface area contributed by atoms with E-state index in [1.165, 1.54) is 0 Å². The Balaban J connectivity index is 2.54. The second-order valence-corrected chi connectivity index (χ2v) is 4.36. The van der Waals surface area contributed by atoms with Gasteiger partial charge in [0.15, 0.2) is 5.82 Å². The van der Waals surface area contributed by atoms with E-state index in [1.54, 1.807) is 23.4 Å². The number of methoxy groups -OCH3 is 1. The van der Waals surface area contributed by atoms with Crippen molar-refractivity contribution in [2.24, 2.45) is 7.05 Å². The summed E-state index contributed by atoms with van der Waals surface area (Å²) in [5.74, 6) is 0.290. The van der Waals surface area contributed by atoms with E-state index in [9.17, 15) is 4.79 Å². The van der Waals surface area contributed by atoms with Crippen molar-refractivity contribution in [1.82, 2.24) is 14.3 Å². The fraction of sp³-hybridized carbons (Fsp3) is 0.500. The quantitative estimate of drug-likeness (QED) is 0.809. The summed E-state index contributed by atoms with van der Waals surface area (Å²) in [5.41, 5.74) is 7.39. The summed E-state index contributed by atoms with van der Waals surface area (Å²) in [5, 5.41) is 4.59. The van der Waals surface area contributed by atoms with Gasteiger partial charge < -0.3 is 15.0 Å². The van der Waals surface area contributed by atoms with E-state index in [-0.39, 0.29) is 11.4 Å². The molecule has 0 unspecified atom stereocenters. The first-order chi connectivity index (χ1) is 8.56. The van der Waals surface area contributed by atoms with Gasteiger partial charge in [-0.25, -0.2) is 0 Å². The van der Waals surface area contributed by atoms with Crippen molar-refractivity contribution in [1.29, 1.82) is 0 Å². The predicted octanol–water partition coefficient (Wildman–Crippen LogP) is 0.662. The molecule has 0 saturated heterocycles. The smallest absolute Gasteiger partial charge is 0.264 e. The highest BCUT2D eigenvalue weighted by molar-refractivity contribution is 5.88. The number of aryl methyl sites for hydroxylation is 2. The van der Waals surface area contributed by atoms with E-state index in [2.05, 4.69) is 5.10 Å². The number of rotatable bonds is 4. The van der Waals surface area contributed by atoms with Gasteiger partial charge in [0.1, 0.15) is 5.39 Å². The summed E-state index contributed by atoms with van der Waals surface area (Å²) < 4.78 is 8.36. The Morgan fingerprint density at radius 3 is 2.89 bits per heavy atom. The lowest BCUT2D eigenvalue weighted by molar-refractivity contribution is 0.190. The molecule has 0 aliphatic carbocycles. The number of pyridine rings is 1. The third-order valence-corrected chi connectivity index (χ3v) is 3.08. The molecule has 0 aliphatic heterocycles. The van der Waals surface area contributed by atoms with Crippen molar-refractivity contribution in [3.8, 4) is 0 Å². The molecule has 0 aliphatic rings. The van der Waals surface area contributed by atoms with Crippen LogP contribution in [-0.4, -0.2) is 28.1 Å². The summed E-state index contributed by atoms with van der Waals surface area (Å²) in [4.78, 5) is 12.4. The number of nitrogen functional groups attached to an aromatic ring is 1. The van der Waals surface area contributed by atoms with Gasteiger partial charge in [0.2, 0.25) is 0 Å². The minimum Gasteiger partial charge on any atom is -0.385 e. The first kappa shape index (κ1) is 12.6. The van der Waals surface area contributed by atoms with Crippen LogP contribution in [-0.2, 0) is 18.3 Å². The van der Waals surface area contributed by atoms with Crippen LogP contribution in [0.3, 0.4) is 0 Å². The van der Waals surface area contributed by atoms with Gasteiger partial charge in [0.25, 0.3) is 5.56 Å². The molecule has 0 amide bonds. The Hall–Kier alpha value is -1.82. The zero-order valence-electron chi connectivity index (χ0n) is 10.9. The summed E-state index contributed by atoms with van der Waals surface area (Å²) >= 11 is 0. The van der Waals surface area contributed by atoms with Crippen molar-refractivity contribution in [2.45, 2.75) is 19.9 Å². The van der Waals surface area contributed by atoms with E-state index in [4.69, 9.17) is 10.5 Å². The maximum Gasteiger partial charge on any atom is 0.264 e. The molecule has 2 heterocycles. The normalized spacial score (nSPS) is 11.3. The Bertz CT molecular complexity index is 627. The molecule has 0 bridgehead atoms. The molecule has 6 nitrogen and oxygen atoms in total. The second kappa shape index (κ2) is 4.81. The first-order valence-corrected chi connectivity index (χ1v) is 5.87. The standard InChI is InChI=1S/C12H18N4O2/c1-8-7-9-10(11(13)14-15(9)2)12(17)16(8)5-4-6-18-3/h7H,4-6H2,1-3H3,(H2,13,14). The van der Waals surface area contributed by atoms with Crippen molar-refractivity contribution >= 4 is 16.7 Å². The van der Waals surface area contributed by atoms with E-state index < -0.39 is 0 Å². The summed E-state index contributed by atoms with van der Waals surface area (Å²) in [6.07, 6.45) is 0.795. The number of ether oxygens (including phenoxy) is 1. The molecular weight excluding hydrogens is 232 g/mol. The SMILES string of the molecule is COCCCn1c(C)cc2c(c(N)nn2C)c1=O. The van der Waals surface area contributed by atoms with Crippen molar-refractivity contribution in [2.75, 3.05) is 19.5 Å². The lowest BCUT2D eigenvalue weighted by atomic mass is 10.2. The predicted molar refractivity (Wildman–Crippen MR) is 70.6 cm³/mol.